The number of hydrogen-bond donors (Lipinski definition) is 1. The normalized spacial score (nSPS) is 16.0. The first-order valence-electron chi connectivity index (χ1n) is 8.08. The highest BCUT2D eigenvalue weighted by Crippen LogP contribution is 2.37. The number of thioether (sulfide) groups is 1. The van der Waals surface area contributed by atoms with E-state index >= 15 is 0 Å². The first kappa shape index (κ1) is 19.8. The van der Waals surface area contributed by atoms with Crippen LogP contribution in [0.4, 0.5) is 13.2 Å². The van der Waals surface area contributed by atoms with Gasteiger partial charge in [0.15, 0.2) is 4.34 Å². The second kappa shape index (κ2) is 8.35. The number of benzene rings is 1. The number of thiazole rings is 1. The number of aromatic nitrogens is 1. The van der Waals surface area contributed by atoms with Gasteiger partial charge in [0.1, 0.15) is 5.75 Å². The Kier molecular flexibility index (Phi) is 6.34. The molecule has 1 aliphatic carbocycles. The fourth-order valence-electron chi connectivity index (χ4n) is 2.84. The third kappa shape index (κ3) is 5.50. The molecule has 26 heavy (non-hydrogen) atoms. The van der Waals surface area contributed by atoms with Crippen LogP contribution in [0, 0.1) is 0 Å². The van der Waals surface area contributed by atoms with Gasteiger partial charge >= 0.3 is 6.36 Å². The van der Waals surface area contributed by atoms with Crippen molar-refractivity contribution in [3.8, 4) is 5.75 Å². The maximum absolute atomic E-state index is 12.4. The molecule has 1 amide bonds. The Morgan fingerprint density at radius 1 is 1.35 bits per heavy atom. The molecule has 0 bridgehead atoms. The summed E-state index contributed by atoms with van der Waals surface area (Å²) in [6, 6.07) is 2.79. The minimum Gasteiger partial charge on any atom is -0.406 e. The van der Waals surface area contributed by atoms with Crippen LogP contribution in [0.25, 0.3) is 10.2 Å². The van der Waals surface area contributed by atoms with Crippen LogP contribution in [-0.2, 0) is 4.79 Å². The summed E-state index contributed by atoms with van der Waals surface area (Å²) < 4.78 is 42.7. The quantitative estimate of drug-likeness (QED) is 0.588. The zero-order chi connectivity index (χ0) is 18.7. The molecule has 3 rings (SSSR count). The van der Waals surface area contributed by atoms with Crippen molar-refractivity contribution in [3.05, 3.63) is 16.6 Å². The summed E-state index contributed by atoms with van der Waals surface area (Å²) in [5, 5.41) is 3.03. The molecule has 0 spiro atoms. The Balaban J connectivity index is 1.63. The van der Waals surface area contributed by atoms with E-state index in [1.54, 1.807) is 0 Å². The molecular formula is C16H16BrF3N2O2S2. The van der Waals surface area contributed by atoms with Gasteiger partial charge in [-0.3, -0.25) is 4.79 Å². The summed E-state index contributed by atoms with van der Waals surface area (Å²) >= 11 is 5.74. The minimum atomic E-state index is -4.74. The summed E-state index contributed by atoms with van der Waals surface area (Å²) in [6.07, 6.45) is 0.811. The second-order valence-corrected chi connectivity index (χ2v) is 9.08. The molecule has 1 aliphatic rings. The highest BCUT2D eigenvalue weighted by atomic mass is 79.9. The van der Waals surface area contributed by atoms with Gasteiger partial charge in [0.2, 0.25) is 5.91 Å². The Bertz CT molecular complexity index is 792. The van der Waals surface area contributed by atoms with Gasteiger partial charge in [0.25, 0.3) is 0 Å². The average Bonchev–Trinajstić information content (AvgIpc) is 2.96. The van der Waals surface area contributed by atoms with E-state index in [1.807, 2.05) is 0 Å². The molecule has 10 heteroatoms. The van der Waals surface area contributed by atoms with Gasteiger partial charge < -0.3 is 10.1 Å². The molecule has 0 radical (unpaired) electrons. The number of amides is 1. The topological polar surface area (TPSA) is 51.2 Å². The number of ether oxygens (including phenoxy) is 1. The molecule has 1 heterocycles. The standard InChI is InChI=1S/C16H16BrF3N2O2S2/c17-11-6-10(24-16(18,19)20)7-12-14(11)22-15(26-12)25-8-13(23)21-9-4-2-1-3-5-9/h6-7,9H,1-5,8H2,(H,21,23). The van der Waals surface area contributed by atoms with Crippen molar-refractivity contribution in [3.63, 3.8) is 0 Å². The maximum atomic E-state index is 12.4. The lowest BCUT2D eigenvalue weighted by Gasteiger charge is -2.22. The van der Waals surface area contributed by atoms with Crippen LogP contribution in [0.1, 0.15) is 32.1 Å². The molecule has 0 unspecified atom stereocenters. The predicted octanol–water partition coefficient (Wildman–Crippen LogP) is 5.50. The van der Waals surface area contributed by atoms with Crippen LogP contribution in [0.5, 0.6) is 5.75 Å². The number of nitrogens with one attached hydrogen (secondary N) is 1. The number of nitrogens with zero attached hydrogens (tertiary/aromatic N) is 1. The first-order chi connectivity index (χ1) is 12.3. The largest absolute Gasteiger partial charge is 0.573 e. The molecule has 1 aromatic carbocycles. The maximum Gasteiger partial charge on any atom is 0.573 e. The fraction of sp³-hybridized carbons (Fsp3) is 0.500. The average molecular weight is 469 g/mol. The van der Waals surface area contributed by atoms with Crippen molar-refractivity contribution >= 4 is 55.2 Å². The van der Waals surface area contributed by atoms with Gasteiger partial charge in [-0.1, -0.05) is 31.0 Å². The molecule has 0 saturated heterocycles. The fourth-order valence-corrected chi connectivity index (χ4v) is 5.43. The monoisotopic (exact) mass is 468 g/mol. The highest BCUT2D eigenvalue weighted by molar-refractivity contribution is 9.10. The lowest BCUT2D eigenvalue weighted by Crippen LogP contribution is -2.37. The van der Waals surface area contributed by atoms with Gasteiger partial charge in [-0.05, 0) is 34.8 Å². The SMILES string of the molecule is O=C(CSc1nc2c(Br)cc(OC(F)(F)F)cc2s1)NC1CCCCC1. The van der Waals surface area contributed by atoms with Gasteiger partial charge in [0.05, 0.1) is 16.0 Å². The molecule has 0 atom stereocenters. The first-order valence-corrected chi connectivity index (χ1v) is 10.7. The number of carbonyl (C=O) groups is 1. The van der Waals surface area contributed by atoms with E-state index in [0.717, 1.165) is 25.7 Å². The van der Waals surface area contributed by atoms with E-state index in [-0.39, 0.29) is 23.5 Å². The lowest BCUT2D eigenvalue weighted by molar-refractivity contribution is -0.274. The summed E-state index contributed by atoms with van der Waals surface area (Å²) in [5.41, 5.74) is 0.555. The third-order valence-corrected chi connectivity index (χ3v) is 6.68. The third-order valence-electron chi connectivity index (χ3n) is 3.93. The van der Waals surface area contributed by atoms with Gasteiger partial charge in [-0.15, -0.1) is 24.5 Å². The van der Waals surface area contributed by atoms with Crippen LogP contribution in [-0.4, -0.2) is 29.0 Å². The van der Waals surface area contributed by atoms with Gasteiger partial charge in [0, 0.05) is 16.6 Å². The molecule has 142 valence electrons. The number of halogens is 4. The van der Waals surface area contributed by atoms with E-state index in [9.17, 15) is 18.0 Å². The van der Waals surface area contributed by atoms with Crippen molar-refractivity contribution in [1.29, 1.82) is 0 Å². The van der Waals surface area contributed by atoms with E-state index in [0.29, 0.717) is 19.0 Å². The van der Waals surface area contributed by atoms with Gasteiger partial charge in [-0.2, -0.15) is 0 Å². The smallest absolute Gasteiger partial charge is 0.406 e. The van der Waals surface area contributed by atoms with Crippen molar-refractivity contribution in [1.82, 2.24) is 10.3 Å². The van der Waals surface area contributed by atoms with E-state index < -0.39 is 6.36 Å². The lowest BCUT2D eigenvalue weighted by atomic mass is 9.95. The zero-order valence-corrected chi connectivity index (χ0v) is 16.8. The van der Waals surface area contributed by atoms with Crippen LogP contribution >= 0.6 is 39.0 Å². The van der Waals surface area contributed by atoms with Crippen molar-refractivity contribution in [2.45, 2.75) is 48.8 Å². The van der Waals surface area contributed by atoms with Crippen LogP contribution < -0.4 is 10.1 Å². The number of alkyl halides is 3. The zero-order valence-electron chi connectivity index (χ0n) is 13.6. The molecule has 0 aliphatic heterocycles. The summed E-state index contributed by atoms with van der Waals surface area (Å²) in [7, 11) is 0. The molecular weight excluding hydrogens is 453 g/mol. The molecule has 1 N–H and O–H groups in total. The molecule has 4 nitrogen and oxygen atoms in total. The summed E-state index contributed by atoms with van der Waals surface area (Å²) in [4.78, 5) is 16.5. The Morgan fingerprint density at radius 3 is 2.77 bits per heavy atom. The predicted molar refractivity (Wildman–Crippen MR) is 99.7 cm³/mol. The van der Waals surface area contributed by atoms with Gasteiger partial charge in [-0.25, -0.2) is 4.98 Å². The number of fused-ring (bicyclic) bond motifs is 1. The van der Waals surface area contributed by atoms with Crippen molar-refractivity contribution < 1.29 is 22.7 Å². The van der Waals surface area contributed by atoms with Crippen LogP contribution in [0.2, 0.25) is 0 Å². The molecule has 1 fully saturated rings. The highest BCUT2D eigenvalue weighted by Gasteiger charge is 2.31. The summed E-state index contributed by atoms with van der Waals surface area (Å²) in [5.74, 6) is -0.103. The molecule has 1 aromatic heterocycles. The van der Waals surface area contributed by atoms with E-state index in [2.05, 4.69) is 31.0 Å². The van der Waals surface area contributed by atoms with E-state index in [1.165, 1.54) is 41.7 Å². The summed E-state index contributed by atoms with van der Waals surface area (Å²) in [6.45, 7) is 0. The van der Waals surface area contributed by atoms with E-state index in [4.69, 9.17) is 0 Å². The number of carbonyl (C=O) groups excluding carboxylic acids is 1. The molecule has 1 saturated carbocycles. The Labute approximate surface area is 165 Å². The molecule has 2 aromatic rings. The number of hydrogen-bond acceptors (Lipinski definition) is 5. The van der Waals surface area contributed by atoms with Crippen molar-refractivity contribution in [2.24, 2.45) is 0 Å². The minimum absolute atomic E-state index is 0.0404. The Hall–Kier alpha value is -1.00. The number of rotatable bonds is 5. The van der Waals surface area contributed by atoms with Crippen LogP contribution in [0.15, 0.2) is 20.9 Å². The Morgan fingerprint density at radius 2 is 2.08 bits per heavy atom. The van der Waals surface area contributed by atoms with Crippen LogP contribution in [0.3, 0.4) is 0 Å². The second-order valence-electron chi connectivity index (χ2n) is 5.97. The van der Waals surface area contributed by atoms with Crippen molar-refractivity contribution in [2.75, 3.05) is 5.75 Å².